The summed E-state index contributed by atoms with van der Waals surface area (Å²) >= 11 is 0. The number of hydrogen-bond acceptors (Lipinski definition) is 2. The number of carbonyl (C=O) groups is 1. The number of fused-ring (bicyclic) bond motifs is 1. The first-order valence-electron chi connectivity index (χ1n) is 10.3. The maximum atomic E-state index is 13.3. The molecule has 33 heavy (non-hydrogen) atoms. The van der Waals surface area contributed by atoms with Gasteiger partial charge in [-0.2, -0.15) is 13.2 Å². The van der Waals surface area contributed by atoms with Gasteiger partial charge in [0.15, 0.2) is 0 Å². The fourth-order valence-corrected chi connectivity index (χ4v) is 3.87. The molecule has 0 radical (unpaired) electrons. The summed E-state index contributed by atoms with van der Waals surface area (Å²) in [5, 5.41) is 0. The molecule has 5 rings (SSSR count). The summed E-state index contributed by atoms with van der Waals surface area (Å²) in [6, 6.07) is 28.8. The number of amides is 1. The molecule has 1 amide bonds. The lowest BCUT2D eigenvalue weighted by Crippen LogP contribution is -2.25. The van der Waals surface area contributed by atoms with Crippen LogP contribution in [-0.4, -0.2) is 11.6 Å². The van der Waals surface area contributed by atoms with Crippen LogP contribution >= 0.6 is 0 Å². The van der Waals surface area contributed by atoms with E-state index in [1.807, 2.05) is 54.6 Å². The summed E-state index contributed by atoms with van der Waals surface area (Å²) in [5.41, 5.74) is 3.50. The zero-order valence-corrected chi connectivity index (χ0v) is 17.3. The van der Waals surface area contributed by atoms with Crippen molar-refractivity contribution < 1.29 is 18.0 Å². The zero-order chi connectivity index (χ0) is 23.0. The lowest BCUT2D eigenvalue weighted by atomic mass is 10.0. The van der Waals surface area contributed by atoms with Crippen LogP contribution in [0.3, 0.4) is 0 Å². The molecule has 1 aliphatic heterocycles. The number of aliphatic imine (C=N–C) groups is 1. The third kappa shape index (κ3) is 3.91. The Bertz CT molecular complexity index is 1360. The molecule has 0 spiro atoms. The van der Waals surface area contributed by atoms with Crippen molar-refractivity contribution in [1.29, 1.82) is 0 Å². The third-order valence-electron chi connectivity index (χ3n) is 5.45. The van der Waals surface area contributed by atoms with Crippen LogP contribution in [0.2, 0.25) is 0 Å². The molecule has 0 aliphatic carbocycles. The number of hydrogen-bond donors (Lipinski definition) is 0. The highest BCUT2D eigenvalue weighted by atomic mass is 19.4. The second-order valence-electron chi connectivity index (χ2n) is 7.58. The minimum atomic E-state index is -4.40. The molecule has 1 heterocycles. The van der Waals surface area contributed by atoms with E-state index in [0.29, 0.717) is 22.5 Å². The number of halogens is 3. The smallest absolute Gasteiger partial charge is 0.275 e. The molecule has 0 saturated heterocycles. The van der Waals surface area contributed by atoms with Crippen LogP contribution in [0.5, 0.6) is 0 Å². The number of anilines is 2. The summed E-state index contributed by atoms with van der Waals surface area (Å²) in [6.45, 7) is 0. The predicted octanol–water partition coefficient (Wildman–Crippen LogP) is 7.17. The normalized spacial score (nSPS) is 14.6. The Hall–Kier alpha value is -4.19. The van der Waals surface area contributed by atoms with Crippen molar-refractivity contribution in [3.8, 4) is 11.1 Å². The molecule has 4 aromatic carbocycles. The number of benzene rings is 4. The van der Waals surface area contributed by atoms with Crippen LogP contribution in [0.1, 0.15) is 11.1 Å². The van der Waals surface area contributed by atoms with Crippen molar-refractivity contribution in [2.24, 2.45) is 4.99 Å². The molecule has 0 fully saturated rings. The Morgan fingerprint density at radius 1 is 0.697 bits per heavy atom. The molecule has 0 saturated carbocycles. The zero-order valence-electron chi connectivity index (χ0n) is 17.3. The van der Waals surface area contributed by atoms with E-state index in [-0.39, 0.29) is 5.91 Å². The minimum absolute atomic E-state index is 0.232. The fraction of sp³-hybridized carbons (Fsp3) is 0.0370. The van der Waals surface area contributed by atoms with Gasteiger partial charge in [-0.05, 0) is 53.6 Å². The van der Waals surface area contributed by atoms with E-state index in [1.165, 1.54) is 6.07 Å². The van der Waals surface area contributed by atoms with E-state index < -0.39 is 11.7 Å². The van der Waals surface area contributed by atoms with Gasteiger partial charge in [-0.15, -0.1) is 0 Å². The lowest BCUT2D eigenvalue weighted by molar-refractivity contribution is -0.137. The van der Waals surface area contributed by atoms with E-state index in [2.05, 4.69) is 4.99 Å². The molecule has 4 aromatic rings. The number of nitrogens with zero attached hydrogens (tertiary/aromatic N) is 2. The summed E-state index contributed by atoms with van der Waals surface area (Å²) in [5.74, 6) is -0.232. The van der Waals surface area contributed by atoms with Gasteiger partial charge >= 0.3 is 6.18 Å². The monoisotopic (exact) mass is 442 g/mol. The van der Waals surface area contributed by atoms with Crippen molar-refractivity contribution in [3.05, 3.63) is 114 Å². The number of rotatable bonds is 3. The Kier molecular flexibility index (Phi) is 5.05. The average Bonchev–Trinajstić information content (AvgIpc) is 3.11. The standard InChI is InChI=1S/C27H17F3N2O/c28-27(29,30)20-8-6-7-19(17-20)18-13-15-21(16-14-18)31-25-23-11-4-5-12-24(23)32(26(25)33)22-9-2-1-3-10-22/h1-17H. The van der Waals surface area contributed by atoms with Crippen LogP contribution in [0.15, 0.2) is 108 Å². The third-order valence-corrected chi connectivity index (χ3v) is 5.45. The van der Waals surface area contributed by atoms with Gasteiger partial charge in [0.1, 0.15) is 5.71 Å². The molecule has 0 bridgehead atoms. The van der Waals surface area contributed by atoms with E-state index in [1.54, 1.807) is 35.2 Å². The number of carbonyl (C=O) groups excluding carboxylic acids is 1. The topological polar surface area (TPSA) is 32.7 Å². The highest BCUT2D eigenvalue weighted by Gasteiger charge is 2.34. The quantitative estimate of drug-likeness (QED) is 0.331. The van der Waals surface area contributed by atoms with E-state index in [0.717, 1.165) is 29.1 Å². The first kappa shape index (κ1) is 20.7. The van der Waals surface area contributed by atoms with E-state index >= 15 is 0 Å². The Labute approximate surface area is 188 Å². The first-order chi connectivity index (χ1) is 15.9. The summed E-state index contributed by atoms with van der Waals surface area (Å²) in [4.78, 5) is 19.5. The predicted molar refractivity (Wildman–Crippen MR) is 123 cm³/mol. The highest BCUT2D eigenvalue weighted by molar-refractivity contribution is 6.56. The maximum absolute atomic E-state index is 13.3. The van der Waals surface area contributed by atoms with Gasteiger partial charge in [0.2, 0.25) is 0 Å². The van der Waals surface area contributed by atoms with Crippen LogP contribution in [0.25, 0.3) is 11.1 Å². The lowest BCUT2D eigenvalue weighted by Gasteiger charge is -2.16. The fourth-order valence-electron chi connectivity index (χ4n) is 3.87. The summed E-state index contributed by atoms with van der Waals surface area (Å²) in [6.07, 6.45) is -4.40. The van der Waals surface area contributed by atoms with Gasteiger partial charge < -0.3 is 0 Å². The molecule has 3 nitrogen and oxygen atoms in total. The van der Waals surface area contributed by atoms with Gasteiger partial charge in [-0.3, -0.25) is 9.69 Å². The molecule has 1 aliphatic rings. The van der Waals surface area contributed by atoms with Crippen LogP contribution in [0, 0.1) is 0 Å². The molecule has 0 atom stereocenters. The van der Waals surface area contributed by atoms with Crippen molar-refractivity contribution in [2.45, 2.75) is 6.18 Å². The minimum Gasteiger partial charge on any atom is -0.275 e. The summed E-state index contributed by atoms with van der Waals surface area (Å²) in [7, 11) is 0. The molecular weight excluding hydrogens is 425 g/mol. The van der Waals surface area contributed by atoms with Gasteiger partial charge in [0.05, 0.1) is 16.9 Å². The number of alkyl halides is 3. The molecule has 0 N–H and O–H groups in total. The molecule has 0 aromatic heterocycles. The Morgan fingerprint density at radius 2 is 1.39 bits per heavy atom. The van der Waals surface area contributed by atoms with E-state index in [9.17, 15) is 18.0 Å². The van der Waals surface area contributed by atoms with Crippen molar-refractivity contribution >= 4 is 28.7 Å². The number of para-hydroxylation sites is 2. The first-order valence-corrected chi connectivity index (χ1v) is 10.3. The molecular formula is C27H17F3N2O. The molecule has 6 heteroatoms. The van der Waals surface area contributed by atoms with Crippen LogP contribution in [-0.2, 0) is 11.0 Å². The van der Waals surface area contributed by atoms with Crippen molar-refractivity contribution in [3.63, 3.8) is 0 Å². The highest BCUT2D eigenvalue weighted by Crippen LogP contribution is 2.37. The van der Waals surface area contributed by atoms with E-state index in [4.69, 9.17) is 0 Å². The second kappa shape index (κ2) is 8.06. The molecule has 162 valence electrons. The van der Waals surface area contributed by atoms with Gasteiger partial charge in [-0.1, -0.05) is 60.7 Å². The molecule has 0 unspecified atom stereocenters. The van der Waals surface area contributed by atoms with Gasteiger partial charge in [-0.25, -0.2) is 4.99 Å². The largest absolute Gasteiger partial charge is 0.416 e. The second-order valence-corrected chi connectivity index (χ2v) is 7.58. The van der Waals surface area contributed by atoms with Crippen LogP contribution < -0.4 is 4.90 Å². The SMILES string of the molecule is O=C1C(=Nc2ccc(-c3cccc(C(F)(F)F)c3)cc2)c2ccccc2N1c1ccccc1. The van der Waals surface area contributed by atoms with Gasteiger partial charge in [0.25, 0.3) is 5.91 Å². The average molecular weight is 442 g/mol. The summed E-state index contributed by atoms with van der Waals surface area (Å²) < 4.78 is 39.1. The Balaban J connectivity index is 1.49. The van der Waals surface area contributed by atoms with Crippen LogP contribution in [0.4, 0.5) is 30.2 Å². The van der Waals surface area contributed by atoms with Crippen molar-refractivity contribution in [2.75, 3.05) is 4.90 Å². The van der Waals surface area contributed by atoms with Gasteiger partial charge in [0, 0.05) is 11.3 Å². The van der Waals surface area contributed by atoms with Crippen molar-refractivity contribution in [1.82, 2.24) is 0 Å². The Morgan fingerprint density at radius 3 is 2.12 bits per heavy atom. The maximum Gasteiger partial charge on any atom is 0.416 e.